The van der Waals surface area contributed by atoms with E-state index in [4.69, 9.17) is 0 Å². The van der Waals surface area contributed by atoms with Gasteiger partial charge in [-0.25, -0.2) is 0 Å². The number of hydrogen-bond acceptors (Lipinski definition) is 3. The number of alkyl halides is 2. The topological polar surface area (TPSA) is 49.9 Å². The van der Waals surface area contributed by atoms with Gasteiger partial charge >= 0.3 is 6.61 Å². The van der Waals surface area contributed by atoms with Crippen LogP contribution in [0.25, 0.3) is 0 Å². The number of benzene rings is 1. The summed E-state index contributed by atoms with van der Waals surface area (Å²) in [5.41, 5.74) is 0.296. The molecule has 1 aromatic rings. The van der Waals surface area contributed by atoms with E-state index in [1.54, 1.807) is 15.9 Å². The Morgan fingerprint density at radius 1 is 1.14 bits per heavy atom. The van der Waals surface area contributed by atoms with Gasteiger partial charge in [-0.05, 0) is 18.2 Å². The highest BCUT2D eigenvalue weighted by Crippen LogP contribution is 2.18. The normalized spacial score (nSPS) is 15.2. The maximum Gasteiger partial charge on any atom is 0.387 e. The molecule has 0 radical (unpaired) electrons. The van der Waals surface area contributed by atoms with Crippen molar-refractivity contribution in [3.05, 3.63) is 29.8 Å². The number of nitrogens with zero attached hydrogens (tertiary/aromatic N) is 2. The third-order valence-electron chi connectivity index (χ3n) is 3.32. The van der Waals surface area contributed by atoms with Crippen molar-refractivity contribution in [3.63, 3.8) is 0 Å². The highest BCUT2D eigenvalue weighted by molar-refractivity contribution is 5.94. The first-order valence-corrected chi connectivity index (χ1v) is 6.57. The molecule has 1 aliphatic rings. The molecule has 1 aliphatic heterocycles. The van der Waals surface area contributed by atoms with E-state index >= 15 is 0 Å². The van der Waals surface area contributed by atoms with Crippen LogP contribution in [0.5, 0.6) is 5.75 Å². The summed E-state index contributed by atoms with van der Waals surface area (Å²) in [6.45, 7) is 0.386. The van der Waals surface area contributed by atoms with Gasteiger partial charge in [0.25, 0.3) is 5.91 Å². The highest BCUT2D eigenvalue weighted by Gasteiger charge is 2.23. The van der Waals surface area contributed by atoms with Crippen molar-refractivity contribution >= 4 is 11.8 Å². The minimum absolute atomic E-state index is 0.0190. The minimum atomic E-state index is -2.92. The third kappa shape index (κ3) is 3.90. The number of hydrogen-bond donors (Lipinski definition) is 0. The van der Waals surface area contributed by atoms with E-state index in [0.29, 0.717) is 31.7 Å². The van der Waals surface area contributed by atoms with E-state index in [1.807, 2.05) is 0 Å². The van der Waals surface area contributed by atoms with Gasteiger partial charge in [-0.1, -0.05) is 6.07 Å². The van der Waals surface area contributed by atoms with Crippen LogP contribution >= 0.6 is 0 Å². The van der Waals surface area contributed by atoms with Gasteiger partial charge in [0.1, 0.15) is 5.75 Å². The number of halogens is 2. The van der Waals surface area contributed by atoms with Crippen molar-refractivity contribution in [3.8, 4) is 5.75 Å². The van der Waals surface area contributed by atoms with Crippen molar-refractivity contribution in [2.75, 3.05) is 26.2 Å². The van der Waals surface area contributed by atoms with E-state index in [2.05, 4.69) is 4.74 Å². The Kier molecular flexibility index (Phi) is 4.72. The summed E-state index contributed by atoms with van der Waals surface area (Å²) in [5, 5.41) is 0. The van der Waals surface area contributed by atoms with Gasteiger partial charge in [0, 0.05) is 38.7 Å². The quantitative estimate of drug-likeness (QED) is 0.851. The molecule has 21 heavy (non-hydrogen) atoms. The molecule has 0 N–H and O–H groups in total. The van der Waals surface area contributed by atoms with E-state index < -0.39 is 6.61 Å². The van der Waals surface area contributed by atoms with Gasteiger partial charge in [-0.15, -0.1) is 0 Å². The first kappa shape index (κ1) is 15.2. The van der Waals surface area contributed by atoms with E-state index in [-0.39, 0.29) is 17.6 Å². The molecule has 0 atom stereocenters. The zero-order valence-corrected chi connectivity index (χ0v) is 11.6. The second-order valence-corrected chi connectivity index (χ2v) is 4.70. The van der Waals surface area contributed by atoms with Crippen molar-refractivity contribution in [1.29, 1.82) is 0 Å². The molecule has 0 bridgehead atoms. The number of amides is 2. The van der Waals surface area contributed by atoms with Gasteiger partial charge < -0.3 is 14.5 Å². The zero-order chi connectivity index (χ0) is 15.4. The summed E-state index contributed by atoms with van der Waals surface area (Å²) in [4.78, 5) is 26.8. The lowest BCUT2D eigenvalue weighted by atomic mass is 10.1. The Labute approximate surface area is 121 Å². The van der Waals surface area contributed by atoms with Crippen molar-refractivity contribution in [2.24, 2.45) is 0 Å². The van der Waals surface area contributed by atoms with Gasteiger partial charge in [0.15, 0.2) is 0 Å². The molecule has 2 rings (SSSR count). The average Bonchev–Trinajstić information content (AvgIpc) is 2.46. The van der Waals surface area contributed by atoms with Crippen molar-refractivity contribution in [2.45, 2.75) is 13.5 Å². The molecule has 0 aliphatic carbocycles. The van der Waals surface area contributed by atoms with Crippen LogP contribution in [-0.4, -0.2) is 54.4 Å². The summed E-state index contributed by atoms with van der Waals surface area (Å²) < 4.78 is 28.6. The lowest BCUT2D eigenvalue weighted by Crippen LogP contribution is -2.50. The van der Waals surface area contributed by atoms with Crippen LogP contribution in [-0.2, 0) is 4.79 Å². The van der Waals surface area contributed by atoms with Crippen LogP contribution in [0, 0.1) is 0 Å². The number of piperazine rings is 1. The lowest BCUT2D eigenvalue weighted by molar-refractivity contribution is -0.130. The predicted octanol–water partition coefficient (Wildman–Crippen LogP) is 1.59. The maximum absolute atomic E-state index is 12.3. The summed E-state index contributed by atoms with van der Waals surface area (Å²) in [7, 11) is 0. The third-order valence-corrected chi connectivity index (χ3v) is 3.32. The monoisotopic (exact) mass is 298 g/mol. The molecular weight excluding hydrogens is 282 g/mol. The van der Waals surface area contributed by atoms with Gasteiger partial charge in [-0.2, -0.15) is 8.78 Å². The summed E-state index contributed by atoms with van der Waals surface area (Å²) >= 11 is 0. The van der Waals surface area contributed by atoms with Crippen LogP contribution in [0.15, 0.2) is 24.3 Å². The molecule has 5 nitrogen and oxygen atoms in total. The molecule has 1 fully saturated rings. The molecule has 114 valence electrons. The van der Waals surface area contributed by atoms with Crippen LogP contribution in [0.2, 0.25) is 0 Å². The van der Waals surface area contributed by atoms with Gasteiger partial charge in [0.05, 0.1) is 0 Å². The lowest BCUT2D eigenvalue weighted by Gasteiger charge is -2.34. The Morgan fingerprint density at radius 2 is 1.76 bits per heavy atom. The molecule has 7 heteroatoms. The maximum atomic E-state index is 12.3. The first-order valence-electron chi connectivity index (χ1n) is 6.57. The average molecular weight is 298 g/mol. The Hall–Kier alpha value is -2.18. The minimum Gasteiger partial charge on any atom is -0.435 e. The molecule has 0 saturated carbocycles. The van der Waals surface area contributed by atoms with Crippen molar-refractivity contribution < 1.29 is 23.1 Å². The van der Waals surface area contributed by atoms with Gasteiger partial charge in [-0.3, -0.25) is 9.59 Å². The predicted molar refractivity (Wildman–Crippen MR) is 71.2 cm³/mol. The first-order chi connectivity index (χ1) is 9.97. The largest absolute Gasteiger partial charge is 0.435 e. The fourth-order valence-electron chi connectivity index (χ4n) is 2.21. The molecule has 0 unspecified atom stereocenters. The smallest absolute Gasteiger partial charge is 0.387 e. The SMILES string of the molecule is CC(=O)N1CCN(C(=O)c2cccc(OC(F)F)c2)CC1. The second-order valence-electron chi connectivity index (χ2n) is 4.70. The number of ether oxygens (including phenoxy) is 1. The van der Waals surface area contributed by atoms with E-state index in [0.717, 1.165) is 0 Å². The zero-order valence-electron chi connectivity index (χ0n) is 11.6. The molecule has 1 heterocycles. The standard InChI is InChI=1S/C14H16F2N2O3/c1-10(19)17-5-7-18(8-6-17)13(20)11-3-2-4-12(9-11)21-14(15)16/h2-4,9,14H,5-8H2,1H3. The Balaban J connectivity index is 2.02. The highest BCUT2D eigenvalue weighted by atomic mass is 19.3. The van der Waals surface area contributed by atoms with Crippen molar-refractivity contribution in [1.82, 2.24) is 9.80 Å². The number of carbonyl (C=O) groups is 2. The fourth-order valence-corrected chi connectivity index (χ4v) is 2.21. The van der Waals surface area contributed by atoms with E-state index in [9.17, 15) is 18.4 Å². The number of rotatable bonds is 3. The summed E-state index contributed by atoms with van der Waals surface area (Å²) in [6.07, 6.45) is 0. The molecule has 1 aromatic carbocycles. The Morgan fingerprint density at radius 3 is 2.33 bits per heavy atom. The fraction of sp³-hybridized carbons (Fsp3) is 0.429. The van der Waals surface area contributed by atoms with Crippen LogP contribution in [0.3, 0.4) is 0 Å². The molecule has 1 saturated heterocycles. The van der Waals surface area contributed by atoms with Crippen LogP contribution < -0.4 is 4.74 Å². The van der Waals surface area contributed by atoms with Crippen LogP contribution in [0.1, 0.15) is 17.3 Å². The second kappa shape index (κ2) is 6.51. The van der Waals surface area contributed by atoms with E-state index in [1.165, 1.54) is 25.1 Å². The van der Waals surface area contributed by atoms with Gasteiger partial charge in [0.2, 0.25) is 5.91 Å². The molecule has 2 amide bonds. The Bertz CT molecular complexity index is 529. The number of carbonyl (C=O) groups excluding carboxylic acids is 2. The molecule has 0 spiro atoms. The van der Waals surface area contributed by atoms with Crippen LogP contribution in [0.4, 0.5) is 8.78 Å². The molecule has 0 aromatic heterocycles. The summed E-state index contributed by atoms with van der Waals surface area (Å²) in [5.74, 6) is -0.314. The molecular formula is C14H16F2N2O3. The summed E-state index contributed by atoms with van der Waals surface area (Å²) in [6, 6.07) is 5.72.